The van der Waals surface area contributed by atoms with Crippen LogP contribution in [0.3, 0.4) is 0 Å². The first-order valence-corrected chi connectivity index (χ1v) is 10.1. The Kier molecular flexibility index (Phi) is 5.94. The summed E-state index contributed by atoms with van der Waals surface area (Å²) < 4.78 is 25.1. The Morgan fingerprint density at radius 1 is 0.968 bits per heavy atom. The van der Waals surface area contributed by atoms with Gasteiger partial charge < -0.3 is 9.47 Å². The van der Waals surface area contributed by atoms with E-state index < -0.39 is 29.8 Å². The minimum Gasteiger partial charge on any atom is -0.465 e. The molecule has 0 saturated carbocycles. The zero-order chi connectivity index (χ0) is 21.8. The second kappa shape index (κ2) is 8.96. The molecule has 0 N–H and O–H groups in total. The third-order valence-corrected chi connectivity index (χ3v) is 5.19. The summed E-state index contributed by atoms with van der Waals surface area (Å²) in [5, 5.41) is 0. The lowest BCUT2D eigenvalue weighted by Gasteiger charge is -2.24. The van der Waals surface area contributed by atoms with Gasteiger partial charge in [0.15, 0.2) is 0 Å². The van der Waals surface area contributed by atoms with Crippen LogP contribution in [-0.2, 0) is 19.1 Å². The quantitative estimate of drug-likeness (QED) is 0.530. The van der Waals surface area contributed by atoms with Gasteiger partial charge in [-0.3, -0.25) is 4.79 Å². The minimum absolute atomic E-state index is 0.154. The van der Waals surface area contributed by atoms with Crippen molar-refractivity contribution < 1.29 is 23.5 Å². The second-order valence-corrected chi connectivity index (χ2v) is 7.13. The van der Waals surface area contributed by atoms with E-state index in [1.54, 1.807) is 13.0 Å². The van der Waals surface area contributed by atoms with E-state index in [4.69, 9.17) is 9.47 Å². The summed E-state index contributed by atoms with van der Waals surface area (Å²) in [5.41, 5.74) is 2.80. The molecule has 31 heavy (non-hydrogen) atoms. The number of carbonyl (C=O) groups excluding carboxylic acids is 2. The molecule has 0 fully saturated rings. The van der Waals surface area contributed by atoms with E-state index in [2.05, 4.69) is 0 Å². The molecule has 0 aromatic heterocycles. The van der Waals surface area contributed by atoms with Gasteiger partial charge in [0.05, 0.1) is 12.2 Å². The van der Waals surface area contributed by atoms with Gasteiger partial charge in [-0.25, -0.2) is 9.18 Å². The number of halogens is 1. The van der Waals surface area contributed by atoms with Gasteiger partial charge in [0.25, 0.3) is 0 Å². The Bertz CT molecular complexity index is 1120. The molecule has 0 bridgehead atoms. The molecule has 2 unspecified atom stereocenters. The van der Waals surface area contributed by atoms with Crippen molar-refractivity contribution in [2.24, 2.45) is 0 Å². The smallest absolute Gasteiger partial charge is 0.339 e. The van der Waals surface area contributed by atoms with Crippen LogP contribution in [0, 0.1) is 5.82 Å². The maximum atomic E-state index is 14.0. The molecule has 3 aromatic carbocycles. The number of rotatable bonds is 6. The molecule has 4 nitrogen and oxygen atoms in total. The van der Waals surface area contributed by atoms with Crippen molar-refractivity contribution in [2.45, 2.75) is 18.9 Å². The zero-order valence-corrected chi connectivity index (χ0v) is 17.0. The summed E-state index contributed by atoms with van der Waals surface area (Å²) >= 11 is 0. The van der Waals surface area contributed by atoms with Crippen LogP contribution in [0.25, 0.3) is 11.1 Å². The van der Waals surface area contributed by atoms with Gasteiger partial charge in [-0.15, -0.1) is 0 Å². The maximum absolute atomic E-state index is 14.0. The lowest BCUT2D eigenvalue weighted by molar-refractivity contribution is -0.150. The summed E-state index contributed by atoms with van der Waals surface area (Å²) in [6, 6.07) is 24.2. The molecule has 156 valence electrons. The Balaban J connectivity index is 1.93. The monoisotopic (exact) mass is 416 g/mol. The first-order chi connectivity index (χ1) is 15.1. The van der Waals surface area contributed by atoms with E-state index in [-0.39, 0.29) is 6.61 Å². The fourth-order valence-corrected chi connectivity index (χ4v) is 3.89. The highest BCUT2D eigenvalue weighted by Crippen LogP contribution is 2.43. The normalized spacial score (nSPS) is 16.7. The molecule has 0 aliphatic carbocycles. The maximum Gasteiger partial charge on any atom is 0.339 e. The number of ether oxygens (including phenoxy) is 2. The fourth-order valence-electron chi connectivity index (χ4n) is 3.89. The predicted molar refractivity (Wildman–Crippen MR) is 115 cm³/mol. The standard InChI is InChI=1S/C26H21FO4/c1-2-30-25(28)23(19-14-9-15-20(27)16-19)24-21(17-10-5-3-6-11-17)22(26(29)31-24)18-12-7-4-8-13-18/h3-16,23-24H,2H2,1H3. The number of carbonyl (C=O) groups is 2. The van der Waals surface area contributed by atoms with Gasteiger partial charge in [-0.05, 0) is 35.7 Å². The van der Waals surface area contributed by atoms with Crippen molar-refractivity contribution in [1.29, 1.82) is 0 Å². The van der Waals surface area contributed by atoms with Crippen LogP contribution in [0.5, 0.6) is 0 Å². The summed E-state index contributed by atoms with van der Waals surface area (Å²) in [5.74, 6) is -2.59. The van der Waals surface area contributed by atoms with Crippen LogP contribution in [0.2, 0.25) is 0 Å². The van der Waals surface area contributed by atoms with Crippen LogP contribution in [-0.4, -0.2) is 24.6 Å². The molecule has 3 aromatic rings. The Labute approximate surface area is 179 Å². The minimum atomic E-state index is -1.00. The van der Waals surface area contributed by atoms with Gasteiger partial charge in [0.2, 0.25) is 0 Å². The Hall–Kier alpha value is -3.73. The summed E-state index contributed by atoms with van der Waals surface area (Å²) in [4.78, 5) is 26.1. The van der Waals surface area contributed by atoms with Crippen LogP contribution in [0.4, 0.5) is 4.39 Å². The SMILES string of the molecule is CCOC(=O)C(c1cccc(F)c1)C1OC(=O)C(c2ccccc2)=C1c1ccccc1. The lowest BCUT2D eigenvalue weighted by Crippen LogP contribution is -2.30. The fraction of sp³-hybridized carbons (Fsp3) is 0.154. The van der Waals surface area contributed by atoms with Crippen molar-refractivity contribution in [1.82, 2.24) is 0 Å². The van der Waals surface area contributed by atoms with E-state index in [1.807, 2.05) is 60.7 Å². The number of hydrogen-bond donors (Lipinski definition) is 0. The van der Waals surface area contributed by atoms with Crippen LogP contribution in [0.1, 0.15) is 29.5 Å². The molecule has 0 spiro atoms. The highest BCUT2D eigenvalue weighted by atomic mass is 19.1. The first-order valence-electron chi connectivity index (χ1n) is 10.1. The summed E-state index contributed by atoms with van der Waals surface area (Å²) in [6.45, 7) is 1.85. The Morgan fingerprint density at radius 3 is 2.23 bits per heavy atom. The van der Waals surface area contributed by atoms with E-state index >= 15 is 0 Å². The number of benzene rings is 3. The highest BCUT2D eigenvalue weighted by molar-refractivity contribution is 6.28. The number of cyclic esters (lactones) is 1. The molecule has 1 aliphatic rings. The average molecular weight is 416 g/mol. The molecule has 0 saturated heterocycles. The van der Waals surface area contributed by atoms with E-state index in [0.29, 0.717) is 22.3 Å². The molecule has 4 rings (SSSR count). The van der Waals surface area contributed by atoms with Crippen LogP contribution >= 0.6 is 0 Å². The molecule has 0 radical (unpaired) electrons. The van der Waals surface area contributed by atoms with Crippen molar-refractivity contribution in [2.75, 3.05) is 6.61 Å². The van der Waals surface area contributed by atoms with Gasteiger partial charge in [-0.1, -0.05) is 72.8 Å². The molecular weight excluding hydrogens is 395 g/mol. The van der Waals surface area contributed by atoms with Gasteiger partial charge in [0, 0.05) is 5.57 Å². The van der Waals surface area contributed by atoms with Crippen molar-refractivity contribution >= 4 is 23.1 Å². The van der Waals surface area contributed by atoms with Crippen LogP contribution < -0.4 is 0 Å². The van der Waals surface area contributed by atoms with E-state index in [1.165, 1.54) is 18.2 Å². The molecule has 5 heteroatoms. The van der Waals surface area contributed by atoms with Crippen molar-refractivity contribution in [3.05, 3.63) is 107 Å². The lowest BCUT2D eigenvalue weighted by atomic mass is 9.84. The van der Waals surface area contributed by atoms with E-state index in [0.717, 1.165) is 5.56 Å². The third-order valence-electron chi connectivity index (χ3n) is 5.19. The average Bonchev–Trinajstić information content (AvgIpc) is 3.12. The summed E-state index contributed by atoms with van der Waals surface area (Å²) in [7, 11) is 0. The van der Waals surface area contributed by atoms with Gasteiger partial charge in [-0.2, -0.15) is 0 Å². The second-order valence-electron chi connectivity index (χ2n) is 7.13. The van der Waals surface area contributed by atoms with E-state index in [9.17, 15) is 14.0 Å². The van der Waals surface area contributed by atoms with Crippen molar-refractivity contribution in [3.63, 3.8) is 0 Å². The number of esters is 2. The zero-order valence-electron chi connectivity index (χ0n) is 17.0. The molecule has 1 heterocycles. The number of hydrogen-bond acceptors (Lipinski definition) is 4. The van der Waals surface area contributed by atoms with Crippen LogP contribution in [0.15, 0.2) is 84.9 Å². The Morgan fingerprint density at radius 2 is 1.61 bits per heavy atom. The molecule has 1 aliphatic heterocycles. The topological polar surface area (TPSA) is 52.6 Å². The van der Waals surface area contributed by atoms with Gasteiger partial charge >= 0.3 is 11.9 Å². The summed E-state index contributed by atoms with van der Waals surface area (Å²) in [6.07, 6.45) is -0.953. The van der Waals surface area contributed by atoms with Gasteiger partial charge in [0.1, 0.15) is 17.8 Å². The highest BCUT2D eigenvalue weighted by Gasteiger charge is 2.44. The van der Waals surface area contributed by atoms with Crippen molar-refractivity contribution in [3.8, 4) is 0 Å². The first kappa shape index (κ1) is 20.5. The predicted octanol–water partition coefficient (Wildman–Crippen LogP) is 5.01. The molecular formula is C26H21FO4. The molecule has 2 atom stereocenters. The molecule has 0 amide bonds. The largest absolute Gasteiger partial charge is 0.465 e. The third kappa shape index (κ3) is 4.12.